The van der Waals surface area contributed by atoms with Gasteiger partial charge in [-0.2, -0.15) is 26.3 Å². The summed E-state index contributed by atoms with van der Waals surface area (Å²) in [6, 6.07) is 0. The summed E-state index contributed by atoms with van der Waals surface area (Å²) in [6.45, 7) is 5.13. The number of carbonyl (C=O) groups excluding carboxylic acids is 1. The van der Waals surface area contributed by atoms with Crippen molar-refractivity contribution in [2.45, 2.75) is 122 Å². The minimum Gasteiger partial charge on any atom is -0.475 e. The van der Waals surface area contributed by atoms with Crippen LogP contribution >= 0.6 is 0 Å². The lowest BCUT2D eigenvalue weighted by Gasteiger charge is -2.22. The number of hydrogen-bond acceptors (Lipinski definition) is 5. The molecule has 0 aromatic rings. The fourth-order valence-electron chi connectivity index (χ4n) is 3.38. The first kappa shape index (κ1) is 42.4. The van der Waals surface area contributed by atoms with Crippen molar-refractivity contribution in [3.63, 3.8) is 0 Å². The summed E-state index contributed by atoms with van der Waals surface area (Å²) < 4.78 is 63.5. The number of unbranched alkanes of at least 4 members (excludes halogenated alkanes) is 12. The second-order valence-corrected chi connectivity index (χ2v) is 9.26. The average Bonchev–Trinajstić information content (AvgIpc) is 2.86. The molecule has 0 radical (unpaired) electrons. The third kappa shape index (κ3) is 32.1. The lowest BCUT2D eigenvalue weighted by atomic mass is 10.0. The van der Waals surface area contributed by atoms with Gasteiger partial charge in [0.15, 0.2) is 0 Å². The van der Waals surface area contributed by atoms with E-state index < -0.39 is 24.3 Å². The quantitative estimate of drug-likeness (QED) is 0.0957. The topological polar surface area (TPSA) is 147 Å². The zero-order chi connectivity index (χ0) is 31.5. The first-order chi connectivity index (χ1) is 18.6. The molecule has 0 atom stereocenters. The van der Waals surface area contributed by atoms with Crippen LogP contribution in [0.3, 0.4) is 0 Å². The number of aliphatic carboxylic acids is 2. The zero-order valence-corrected chi connectivity index (χ0v) is 23.6. The molecule has 0 aromatic carbocycles. The number of nitrogens with two attached hydrogens (primary N) is 2. The monoisotopic (exact) mass is 597 g/mol. The standard InChI is InChI=1S/C22H47N3O.2C2HF3O2/c1-2-3-4-5-6-7-8-9-10-11-12-13-14-17-22(26)25(20-15-18-23)21-16-19-24;2*3-2(4,5)1(6)7/h2-21,23-24H2,1H3;2*(H,6,7). The van der Waals surface area contributed by atoms with Crippen molar-refractivity contribution in [2.24, 2.45) is 11.5 Å². The molecule has 0 unspecified atom stereocenters. The van der Waals surface area contributed by atoms with Gasteiger partial charge in [0.25, 0.3) is 0 Å². The van der Waals surface area contributed by atoms with Crippen LogP contribution in [0.25, 0.3) is 0 Å². The number of carboxylic acid groups (broad SMARTS) is 2. The Morgan fingerprint density at radius 3 is 1.10 bits per heavy atom. The van der Waals surface area contributed by atoms with Gasteiger partial charge in [-0.3, -0.25) is 4.79 Å². The molecule has 0 saturated heterocycles. The Balaban J connectivity index is -0.000000795. The predicted octanol–water partition coefficient (Wildman–Crippen LogP) is 6.26. The highest BCUT2D eigenvalue weighted by Crippen LogP contribution is 2.15. The Bertz CT molecular complexity index is 603. The van der Waals surface area contributed by atoms with Crippen LogP contribution in [0.5, 0.6) is 0 Å². The number of carbonyl (C=O) groups is 3. The largest absolute Gasteiger partial charge is 0.490 e. The third-order valence-electron chi connectivity index (χ3n) is 5.60. The van der Waals surface area contributed by atoms with Gasteiger partial charge in [0.2, 0.25) is 5.91 Å². The van der Waals surface area contributed by atoms with Gasteiger partial charge < -0.3 is 26.6 Å². The summed E-state index contributed by atoms with van der Waals surface area (Å²) in [5.41, 5.74) is 11.1. The van der Waals surface area contributed by atoms with E-state index in [4.69, 9.17) is 31.3 Å². The molecular weight excluding hydrogens is 548 g/mol. The van der Waals surface area contributed by atoms with Gasteiger partial charge in [-0.1, -0.05) is 84.0 Å². The minimum absolute atomic E-state index is 0.287. The van der Waals surface area contributed by atoms with Crippen molar-refractivity contribution >= 4 is 17.8 Å². The fourth-order valence-corrected chi connectivity index (χ4v) is 3.38. The lowest BCUT2D eigenvalue weighted by molar-refractivity contribution is -0.193. The maximum Gasteiger partial charge on any atom is 0.490 e. The van der Waals surface area contributed by atoms with Crippen molar-refractivity contribution in [1.82, 2.24) is 4.90 Å². The van der Waals surface area contributed by atoms with Gasteiger partial charge >= 0.3 is 24.3 Å². The van der Waals surface area contributed by atoms with E-state index in [2.05, 4.69) is 6.92 Å². The molecule has 0 spiro atoms. The molecule has 0 heterocycles. The maximum atomic E-state index is 12.3. The van der Waals surface area contributed by atoms with Crippen LogP contribution in [0.4, 0.5) is 26.3 Å². The van der Waals surface area contributed by atoms with Crippen molar-refractivity contribution in [3.8, 4) is 0 Å². The molecule has 0 rings (SSSR count). The number of halogens is 6. The molecule has 0 fully saturated rings. The van der Waals surface area contributed by atoms with Crippen molar-refractivity contribution in [3.05, 3.63) is 0 Å². The first-order valence-electron chi connectivity index (χ1n) is 13.9. The molecular formula is C26H49F6N3O5. The third-order valence-corrected chi connectivity index (χ3v) is 5.60. The fraction of sp³-hybridized carbons (Fsp3) is 0.885. The van der Waals surface area contributed by atoms with Crippen molar-refractivity contribution in [1.29, 1.82) is 0 Å². The van der Waals surface area contributed by atoms with Crippen LogP contribution in [0, 0.1) is 0 Å². The van der Waals surface area contributed by atoms with E-state index in [1.807, 2.05) is 4.90 Å². The molecule has 1 amide bonds. The van der Waals surface area contributed by atoms with Crippen LogP contribution in [0.2, 0.25) is 0 Å². The predicted molar refractivity (Wildman–Crippen MR) is 142 cm³/mol. The highest BCUT2D eigenvalue weighted by molar-refractivity contribution is 5.76. The smallest absolute Gasteiger partial charge is 0.475 e. The van der Waals surface area contributed by atoms with Gasteiger partial charge in [0.1, 0.15) is 0 Å². The van der Waals surface area contributed by atoms with Gasteiger partial charge in [0.05, 0.1) is 0 Å². The summed E-state index contributed by atoms with van der Waals surface area (Å²) in [5, 5.41) is 14.2. The van der Waals surface area contributed by atoms with Crippen LogP contribution in [0.15, 0.2) is 0 Å². The van der Waals surface area contributed by atoms with Crippen molar-refractivity contribution in [2.75, 3.05) is 26.2 Å². The molecule has 0 saturated carbocycles. The van der Waals surface area contributed by atoms with Crippen LogP contribution in [-0.4, -0.2) is 71.5 Å². The van der Waals surface area contributed by atoms with Crippen LogP contribution in [-0.2, 0) is 14.4 Å². The zero-order valence-electron chi connectivity index (χ0n) is 23.6. The molecule has 14 heteroatoms. The Labute approximate surface area is 233 Å². The Morgan fingerprint density at radius 1 is 0.575 bits per heavy atom. The first-order valence-corrected chi connectivity index (χ1v) is 13.9. The molecule has 0 bridgehead atoms. The highest BCUT2D eigenvalue weighted by Gasteiger charge is 2.38. The summed E-state index contributed by atoms with van der Waals surface area (Å²) >= 11 is 0. The summed E-state index contributed by atoms with van der Waals surface area (Å²) in [5.74, 6) is -5.23. The summed E-state index contributed by atoms with van der Waals surface area (Å²) in [7, 11) is 0. The van der Waals surface area contributed by atoms with Crippen LogP contribution in [0.1, 0.15) is 110 Å². The van der Waals surface area contributed by atoms with Gasteiger partial charge in [-0.25, -0.2) is 9.59 Å². The molecule has 0 aliphatic heterocycles. The summed E-state index contributed by atoms with van der Waals surface area (Å²) in [6.07, 6.45) is 9.68. The molecule has 240 valence electrons. The van der Waals surface area contributed by atoms with Gasteiger partial charge in [-0.05, 0) is 32.4 Å². The number of carboxylic acids is 2. The van der Waals surface area contributed by atoms with Gasteiger partial charge in [0, 0.05) is 19.5 Å². The number of amides is 1. The van der Waals surface area contributed by atoms with Gasteiger partial charge in [-0.15, -0.1) is 0 Å². The Morgan fingerprint density at radius 2 is 0.850 bits per heavy atom. The second-order valence-electron chi connectivity index (χ2n) is 9.26. The maximum absolute atomic E-state index is 12.3. The van der Waals surface area contributed by atoms with E-state index in [9.17, 15) is 31.1 Å². The van der Waals surface area contributed by atoms with E-state index in [1.54, 1.807) is 0 Å². The molecule has 8 nitrogen and oxygen atoms in total. The van der Waals surface area contributed by atoms with E-state index in [0.29, 0.717) is 19.5 Å². The molecule has 6 N–H and O–H groups in total. The number of alkyl halides is 6. The minimum atomic E-state index is -5.08. The normalized spacial score (nSPS) is 11.1. The average molecular weight is 598 g/mol. The highest BCUT2D eigenvalue weighted by atomic mass is 19.4. The van der Waals surface area contributed by atoms with E-state index in [1.165, 1.54) is 77.0 Å². The summed E-state index contributed by atoms with van der Waals surface area (Å²) in [4.78, 5) is 32.1. The molecule has 0 aliphatic rings. The lowest BCUT2D eigenvalue weighted by Crippen LogP contribution is -2.34. The van der Waals surface area contributed by atoms with E-state index in [0.717, 1.165) is 32.4 Å². The number of rotatable bonds is 20. The molecule has 0 aliphatic carbocycles. The number of nitrogens with zero attached hydrogens (tertiary/aromatic N) is 1. The van der Waals surface area contributed by atoms with E-state index >= 15 is 0 Å². The molecule has 40 heavy (non-hydrogen) atoms. The van der Waals surface area contributed by atoms with Crippen LogP contribution < -0.4 is 11.5 Å². The SMILES string of the molecule is CCCCCCCCCCCCCCCC(=O)N(CCCN)CCCN.O=C(O)C(F)(F)F.O=C(O)C(F)(F)F. The Hall–Kier alpha value is -2.09. The van der Waals surface area contributed by atoms with E-state index in [-0.39, 0.29) is 5.91 Å². The Kier molecular flexibility index (Phi) is 28.7. The second kappa shape index (κ2) is 27.1. The van der Waals surface area contributed by atoms with Crippen molar-refractivity contribution < 1.29 is 50.9 Å². The number of hydrogen-bond donors (Lipinski definition) is 4. The molecule has 0 aromatic heterocycles.